The van der Waals surface area contributed by atoms with Crippen molar-refractivity contribution < 1.29 is 17.9 Å². The molecule has 0 saturated heterocycles. The lowest BCUT2D eigenvalue weighted by molar-refractivity contribution is -0.173. The van der Waals surface area contributed by atoms with Gasteiger partial charge in [0.1, 0.15) is 17.9 Å². The Kier molecular flexibility index (Phi) is 3.42. The maximum atomic E-state index is 11.8. The normalized spacial score (nSPS) is 12.2. The molecule has 0 fully saturated rings. The Labute approximate surface area is 102 Å². The maximum absolute atomic E-state index is 11.8. The lowest BCUT2D eigenvalue weighted by Crippen LogP contribution is -2.21. The number of halogens is 3. The Morgan fingerprint density at radius 2 is 1.89 bits per heavy atom. The molecule has 2 aromatic rings. The van der Waals surface area contributed by atoms with Gasteiger partial charge in [0.25, 0.3) is 5.56 Å². The molecule has 3 N–H and O–H groups in total. The largest absolute Gasteiger partial charge is 0.411 e. The average Bonchev–Trinajstić information content (AvgIpc) is 2.66. The highest BCUT2D eigenvalue weighted by Crippen LogP contribution is 2.14. The predicted molar refractivity (Wildman–Crippen MR) is 57.9 cm³/mol. The summed E-state index contributed by atoms with van der Waals surface area (Å²) in [5.41, 5.74) is -1.23. The molecule has 0 atom stereocenters. The molecular formula is C9H9F3N4O3. The van der Waals surface area contributed by atoms with Crippen LogP contribution in [0.3, 0.4) is 0 Å². The lowest BCUT2D eigenvalue weighted by Gasteiger charge is -2.06. The summed E-state index contributed by atoms with van der Waals surface area (Å²) >= 11 is 0. The zero-order valence-corrected chi connectivity index (χ0v) is 9.43. The SMILES string of the molecule is O=c1[nH]c(=O)c2[nH]c(CCOCC(F)(F)F)nc2[nH]1. The summed E-state index contributed by atoms with van der Waals surface area (Å²) in [6, 6.07) is 0. The van der Waals surface area contributed by atoms with E-state index in [1.165, 1.54) is 0 Å². The Hall–Kier alpha value is -2.10. The summed E-state index contributed by atoms with van der Waals surface area (Å²) < 4.78 is 39.8. The van der Waals surface area contributed by atoms with Gasteiger partial charge in [-0.25, -0.2) is 9.78 Å². The molecule has 0 saturated carbocycles. The van der Waals surface area contributed by atoms with Gasteiger partial charge >= 0.3 is 11.9 Å². The zero-order valence-electron chi connectivity index (χ0n) is 9.43. The fraction of sp³-hybridized carbons (Fsp3) is 0.444. The van der Waals surface area contributed by atoms with Gasteiger partial charge in [0.2, 0.25) is 0 Å². The molecule has 2 aromatic heterocycles. The van der Waals surface area contributed by atoms with Crippen LogP contribution in [-0.4, -0.2) is 39.3 Å². The number of ether oxygens (including phenoxy) is 1. The first kappa shape index (κ1) is 13.3. The summed E-state index contributed by atoms with van der Waals surface area (Å²) in [5.74, 6) is 0.254. The first-order chi connectivity index (χ1) is 8.85. The number of nitrogens with zero attached hydrogens (tertiary/aromatic N) is 1. The number of imidazole rings is 1. The molecule has 0 spiro atoms. The molecular weight excluding hydrogens is 269 g/mol. The second-order valence-corrected chi connectivity index (χ2v) is 3.73. The zero-order chi connectivity index (χ0) is 14.0. The standard InChI is InChI=1S/C9H9F3N4O3/c10-9(11,12)3-19-2-1-4-13-5-6(14-4)15-8(18)16-7(5)17/h1-3H2,(H3,13,14,15,16,17,18). The third-order valence-electron chi connectivity index (χ3n) is 2.19. The van der Waals surface area contributed by atoms with Gasteiger partial charge < -0.3 is 9.72 Å². The van der Waals surface area contributed by atoms with E-state index in [2.05, 4.69) is 19.7 Å². The van der Waals surface area contributed by atoms with Gasteiger partial charge in [-0.2, -0.15) is 13.2 Å². The topological polar surface area (TPSA) is 104 Å². The van der Waals surface area contributed by atoms with E-state index >= 15 is 0 Å². The third kappa shape index (κ3) is 3.44. The quantitative estimate of drug-likeness (QED) is 0.688. The highest BCUT2D eigenvalue weighted by Gasteiger charge is 2.27. The van der Waals surface area contributed by atoms with E-state index in [0.29, 0.717) is 0 Å². The predicted octanol–water partition coefficient (Wildman–Crippen LogP) is 0.0609. The van der Waals surface area contributed by atoms with Crippen molar-refractivity contribution in [2.24, 2.45) is 0 Å². The second kappa shape index (κ2) is 4.88. The molecule has 0 bridgehead atoms. The van der Waals surface area contributed by atoms with Gasteiger partial charge in [-0.05, 0) is 0 Å². The number of fused-ring (bicyclic) bond motifs is 1. The van der Waals surface area contributed by atoms with E-state index in [1.807, 2.05) is 4.98 Å². The van der Waals surface area contributed by atoms with Crippen LogP contribution in [-0.2, 0) is 11.2 Å². The number of hydrogen-bond acceptors (Lipinski definition) is 4. The van der Waals surface area contributed by atoms with Crippen LogP contribution in [0.25, 0.3) is 11.2 Å². The van der Waals surface area contributed by atoms with Crippen LogP contribution < -0.4 is 11.2 Å². The van der Waals surface area contributed by atoms with E-state index in [4.69, 9.17) is 0 Å². The van der Waals surface area contributed by atoms with Crippen LogP contribution in [0, 0.1) is 0 Å². The van der Waals surface area contributed by atoms with Gasteiger partial charge in [-0.15, -0.1) is 0 Å². The van der Waals surface area contributed by atoms with Crippen molar-refractivity contribution in [3.05, 3.63) is 26.7 Å². The third-order valence-corrected chi connectivity index (χ3v) is 2.19. The molecule has 19 heavy (non-hydrogen) atoms. The van der Waals surface area contributed by atoms with Crippen molar-refractivity contribution in [3.63, 3.8) is 0 Å². The molecule has 0 aliphatic rings. The molecule has 0 aliphatic heterocycles. The first-order valence-corrected chi connectivity index (χ1v) is 5.21. The minimum atomic E-state index is -4.38. The highest BCUT2D eigenvalue weighted by molar-refractivity contribution is 5.68. The van der Waals surface area contributed by atoms with Crippen LogP contribution in [0.4, 0.5) is 13.2 Å². The highest BCUT2D eigenvalue weighted by atomic mass is 19.4. The Balaban J connectivity index is 2.04. The van der Waals surface area contributed by atoms with Crippen LogP contribution in [0.2, 0.25) is 0 Å². The van der Waals surface area contributed by atoms with Crippen LogP contribution in [0.15, 0.2) is 9.59 Å². The Bertz CT molecular complexity index is 684. The summed E-state index contributed by atoms with van der Waals surface area (Å²) in [4.78, 5) is 33.1. The number of rotatable bonds is 4. The second-order valence-electron chi connectivity index (χ2n) is 3.73. The minimum Gasteiger partial charge on any atom is -0.372 e. The lowest BCUT2D eigenvalue weighted by atomic mass is 10.4. The molecule has 104 valence electrons. The van der Waals surface area contributed by atoms with Gasteiger partial charge in [0, 0.05) is 6.42 Å². The van der Waals surface area contributed by atoms with Crippen molar-refractivity contribution in [2.75, 3.05) is 13.2 Å². The van der Waals surface area contributed by atoms with E-state index in [1.54, 1.807) is 0 Å². The minimum absolute atomic E-state index is 0.0552. The van der Waals surface area contributed by atoms with E-state index in [9.17, 15) is 22.8 Å². The van der Waals surface area contributed by atoms with Crippen molar-refractivity contribution in [1.82, 2.24) is 19.9 Å². The Morgan fingerprint density at radius 3 is 2.58 bits per heavy atom. The molecule has 0 radical (unpaired) electrons. The molecule has 2 rings (SSSR count). The summed E-state index contributed by atoms with van der Waals surface area (Å²) in [6.45, 7) is -1.55. The fourth-order valence-corrected chi connectivity index (χ4v) is 1.46. The van der Waals surface area contributed by atoms with Crippen molar-refractivity contribution in [1.29, 1.82) is 0 Å². The van der Waals surface area contributed by atoms with Gasteiger partial charge in [-0.3, -0.25) is 14.8 Å². The van der Waals surface area contributed by atoms with Gasteiger partial charge in [0.15, 0.2) is 5.65 Å². The average molecular weight is 278 g/mol. The number of alkyl halides is 3. The molecule has 0 aromatic carbocycles. The number of aromatic nitrogens is 4. The van der Waals surface area contributed by atoms with E-state index in [0.717, 1.165) is 0 Å². The molecule has 0 amide bonds. The van der Waals surface area contributed by atoms with Crippen molar-refractivity contribution >= 4 is 11.2 Å². The van der Waals surface area contributed by atoms with Gasteiger partial charge in [-0.1, -0.05) is 0 Å². The van der Waals surface area contributed by atoms with Crippen LogP contribution in [0.1, 0.15) is 5.82 Å². The number of nitrogens with one attached hydrogen (secondary N) is 3. The smallest absolute Gasteiger partial charge is 0.372 e. The number of H-pyrrole nitrogens is 3. The first-order valence-electron chi connectivity index (χ1n) is 5.21. The van der Waals surface area contributed by atoms with Crippen molar-refractivity contribution in [3.8, 4) is 0 Å². The van der Waals surface area contributed by atoms with Crippen molar-refractivity contribution in [2.45, 2.75) is 12.6 Å². The molecule has 10 heteroatoms. The fourth-order valence-electron chi connectivity index (χ4n) is 1.46. The van der Waals surface area contributed by atoms with Gasteiger partial charge in [0.05, 0.1) is 6.61 Å². The number of hydrogen-bond donors (Lipinski definition) is 3. The maximum Gasteiger partial charge on any atom is 0.411 e. The summed E-state index contributed by atoms with van der Waals surface area (Å²) in [6.07, 6.45) is -4.32. The summed E-state index contributed by atoms with van der Waals surface area (Å²) in [5, 5.41) is 0. The monoisotopic (exact) mass is 278 g/mol. The number of aromatic amines is 3. The van der Waals surface area contributed by atoms with Crippen LogP contribution in [0.5, 0.6) is 0 Å². The van der Waals surface area contributed by atoms with E-state index in [-0.39, 0.29) is 30.0 Å². The van der Waals surface area contributed by atoms with E-state index < -0.39 is 24.0 Å². The molecule has 7 nitrogen and oxygen atoms in total. The summed E-state index contributed by atoms with van der Waals surface area (Å²) in [7, 11) is 0. The molecule has 0 aliphatic carbocycles. The van der Waals surface area contributed by atoms with Crippen LogP contribution >= 0.6 is 0 Å². The molecule has 0 unspecified atom stereocenters. The molecule has 2 heterocycles. The Morgan fingerprint density at radius 1 is 1.16 bits per heavy atom.